The standard InChI is InChI=1S/C19H25NO/c1-3-8-20-12-13-6-7-19(2)16-11-15(21)5-4-14(16)10-18(20)17(19)9-13/h3-5,11,13,17-18,21H,1,6-10,12H2,2H3. The molecule has 1 N–H and O–H groups in total. The lowest BCUT2D eigenvalue weighted by molar-refractivity contribution is -0.0218. The highest BCUT2D eigenvalue weighted by atomic mass is 16.3. The third-order valence-electron chi connectivity index (χ3n) is 6.41. The molecule has 3 aliphatic rings. The zero-order valence-electron chi connectivity index (χ0n) is 12.9. The number of phenolic OH excluding ortho intramolecular Hbond substituents is 1. The van der Waals surface area contributed by atoms with Crippen LogP contribution in [0.1, 0.15) is 37.3 Å². The fraction of sp³-hybridized carbons (Fsp3) is 0.579. The normalized spacial score (nSPS) is 37.9. The first-order valence-corrected chi connectivity index (χ1v) is 8.29. The Bertz CT molecular complexity index is 581. The maximum Gasteiger partial charge on any atom is 0.115 e. The molecule has 1 aromatic rings. The van der Waals surface area contributed by atoms with Gasteiger partial charge in [0.15, 0.2) is 0 Å². The van der Waals surface area contributed by atoms with Gasteiger partial charge in [0.1, 0.15) is 5.75 Å². The molecular weight excluding hydrogens is 258 g/mol. The van der Waals surface area contributed by atoms with Gasteiger partial charge in [-0.15, -0.1) is 6.58 Å². The van der Waals surface area contributed by atoms with Gasteiger partial charge in [-0.25, -0.2) is 0 Å². The number of benzene rings is 1. The molecule has 0 radical (unpaired) electrons. The van der Waals surface area contributed by atoms with E-state index in [1.165, 1.54) is 36.9 Å². The van der Waals surface area contributed by atoms with Crippen LogP contribution in [0.3, 0.4) is 0 Å². The summed E-state index contributed by atoms with van der Waals surface area (Å²) in [5, 5.41) is 9.94. The predicted octanol–water partition coefficient (Wildman–Crippen LogP) is 3.49. The van der Waals surface area contributed by atoms with Crippen molar-refractivity contribution in [3.63, 3.8) is 0 Å². The van der Waals surface area contributed by atoms with Crippen LogP contribution in [0.15, 0.2) is 30.9 Å². The van der Waals surface area contributed by atoms with Gasteiger partial charge < -0.3 is 5.11 Å². The summed E-state index contributed by atoms with van der Waals surface area (Å²) in [6, 6.07) is 6.70. The molecule has 1 aliphatic heterocycles. The van der Waals surface area contributed by atoms with E-state index in [0.717, 1.165) is 24.8 Å². The highest BCUT2D eigenvalue weighted by molar-refractivity contribution is 5.44. The Kier molecular flexibility index (Phi) is 2.94. The average Bonchev–Trinajstić information content (AvgIpc) is 2.48. The molecule has 0 amide bonds. The summed E-state index contributed by atoms with van der Waals surface area (Å²) < 4.78 is 0. The maximum absolute atomic E-state index is 9.94. The molecule has 112 valence electrons. The minimum Gasteiger partial charge on any atom is -0.508 e. The minimum atomic E-state index is 0.243. The van der Waals surface area contributed by atoms with Gasteiger partial charge in [0.05, 0.1) is 0 Å². The van der Waals surface area contributed by atoms with Gasteiger partial charge in [0, 0.05) is 19.1 Å². The van der Waals surface area contributed by atoms with E-state index >= 15 is 0 Å². The minimum absolute atomic E-state index is 0.243. The third-order valence-corrected chi connectivity index (χ3v) is 6.41. The van der Waals surface area contributed by atoms with E-state index in [-0.39, 0.29) is 5.41 Å². The summed E-state index contributed by atoms with van der Waals surface area (Å²) >= 11 is 0. The highest BCUT2D eigenvalue weighted by Crippen LogP contribution is 2.55. The Morgan fingerprint density at radius 3 is 3.14 bits per heavy atom. The van der Waals surface area contributed by atoms with Crippen LogP contribution < -0.4 is 0 Å². The van der Waals surface area contributed by atoms with E-state index in [4.69, 9.17) is 0 Å². The molecule has 4 atom stereocenters. The Morgan fingerprint density at radius 1 is 1.48 bits per heavy atom. The molecule has 21 heavy (non-hydrogen) atoms. The van der Waals surface area contributed by atoms with Crippen molar-refractivity contribution in [1.29, 1.82) is 0 Å². The summed E-state index contributed by atoms with van der Waals surface area (Å²) in [5.74, 6) is 2.02. The SMILES string of the molecule is C=CCN1CC2CCC3(C)c4cc(O)ccc4CC1C3C2. The molecule has 1 saturated carbocycles. The number of hydrogen-bond acceptors (Lipinski definition) is 2. The number of fused-ring (bicyclic) bond motifs is 3. The fourth-order valence-electron chi connectivity index (χ4n) is 5.38. The van der Waals surface area contributed by atoms with Gasteiger partial charge in [-0.1, -0.05) is 19.1 Å². The quantitative estimate of drug-likeness (QED) is 0.840. The number of rotatable bonds is 2. The Labute approximate surface area is 127 Å². The first kappa shape index (κ1) is 13.4. The number of hydrogen-bond donors (Lipinski definition) is 1. The maximum atomic E-state index is 9.94. The van der Waals surface area contributed by atoms with E-state index in [0.29, 0.717) is 11.8 Å². The number of nitrogens with zero attached hydrogens (tertiary/aromatic N) is 1. The molecule has 1 heterocycles. The average molecular weight is 283 g/mol. The topological polar surface area (TPSA) is 23.5 Å². The van der Waals surface area contributed by atoms with E-state index in [9.17, 15) is 5.11 Å². The molecule has 0 aromatic heterocycles. The molecule has 1 aromatic carbocycles. The first-order valence-electron chi connectivity index (χ1n) is 8.29. The molecule has 2 bridgehead atoms. The molecule has 2 nitrogen and oxygen atoms in total. The van der Waals surface area contributed by atoms with Gasteiger partial charge in [-0.3, -0.25) is 4.90 Å². The zero-order chi connectivity index (χ0) is 14.6. The zero-order valence-corrected chi connectivity index (χ0v) is 12.9. The summed E-state index contributed by atoms with van der Waals surface area (Å²) in [4.78, 5) is 2.67. The van der Waals surface area contributed by atoms with Gasteiger partial charge in [-0.2, -0.15) is 0 Å². The molecule has 2 heteroatoms. The van der Waals surface area contributed by atoms with Crippen LogP contribution >= 0.6 is 0 Å². The lowest BCUT2D eigenvalue weighted by Gasteiger charge is -2.58. The van der Waals surface area contributed by atoms with Crippen molar-refractivity contribution in [3.8, 4) is 5.75 Å². The largest absolute Gasteiger partial charge is 0.508 e. The van der Waals surface area contributed by atoms with Crippen molar-refractivity contribution in [2.45, 2.75) is 44.1 Å². The Balaban J connectivity index is 1.82. The number of aromatic hydroxyl groups is 1. The van der Waals surface area contributed by atoms with Gasteiger partial charge in [0.25, 0.3) is 0 Å². The molecule has 4 unspecified atom stereocenters. The van der Waals surface area contributed by atoms with Crippen LogP contribution in [0.5, 0.6) is 5.75 Å². The smallest absolute Gasteiger partial charge is 0.115 e. The molecule has 0 spiro atoms. The van der Waals surface area contributed by atoms with E-state index < -0.39 is 0 Å². The molecular formula is C19H25NO. The van der Waals surface area contributed by atoms with Gasteiger partial charge >= 0.3 is 0 Å². The lowest BCUT2D eigenvalue weighted by Crippen LogP contribution is -2.60. The van der Waals surface area contributed by atoms with Crippen molar-refractivity contribution in [2.24, 2.45) is 11.8 Å². The monoisotopic (exact) mass is 283 g/mol. The Morgan fingerprint density at radius 2 is 2.33 bits per heavy atom. The predicted molar refractivity (Wildman–Crippen MR) is 85.6 cm³/mol. The second kappa shape index (κ2) is 4.61. The van der Waals surface area contributed by atoms with Crippen molar-refractivity contribution in [2.75, 3.05) is 13.1 Å². The van der Waals surface area contributed by atoms with Crippen molar-refractivity contribution in [3.05, 3.63) is 42.0 Å². The Hall–Kier alpha value is -1.28. The second-order valence-corrected chi connectivity index (χ2v) is 7.52. The second-order valence-electron chi connectivity index (χ2n) is 7.52. The lowest BCUT2D eigenvalue weighted by atomic mass is 9.53. The molecule has 2 aliphatic carbocycles. The van der Waals surface area contributed by atoms with Crippen molar-refractivity contribution >= 4 is 0 Å². The van der Waals surface area contributed by atoms with Crippen LogP contribution in [-0.2, 0) is 11.8 Å². The number of likely N-dealkylation sites (tertiary alicyclic amines) is 1. The van der Waals surface area contributed by atoms with Crippen LogP contribution in [0, 0.1) is 11.8 Å². The van der Waals surface area contributed by atoms with Crippen LogP contribution in [0.25, 0.3) is 0 Å². The number of phenols is 1. The summed E-state index contributed by atoms with van der Waals surface area (Å²) in [6.45, 7) is 8.65. The third kappa shape index (κ3) is 1.88. The van der Waals surface area contributed by atoms with E-state index in [2.05, 4.69) is 30.5 Å². The van der Waals surface area contributed by atoms with Gasteiger partial charge in [-0.05, 0) is 66.2 Å². The highest BCUT2D eigenvalue weighted by Gasteiger charge is 2.52. The van der Waals surface area contributed by atoms with Crippen molar-refractivity contribution in [1.82, 2.24) is 4.90 Å². The van der Waals surface area contributed by atoms with Gasteiger partial charge in [0.2, 0.25) is 0 Å². The molecule has 2 fully saturated rings. The molecule has 1 saturated heterocycles. The first-order chi connectivity index (χ1) is 10.1. The number of piperidine rings is 1. The van der Waals surface area contributed by atoms with E-state index in [1.807, 2.05) is 12.1 Å². The summed E-state index contributed by atoms with van der Waals surface area (Å²) in [6.07, 6.45) is 7.16. The van der Waals surface area contributed by atoms with Crippen LogP contribution in [0.2, 0.25) is 0 Å². The fourth-order valence-corrected chi connectivity index (χ4v) is 5.38. The van der Waals surface area contributed by atoms with Crippen LogP contribution in [-0.4, -0.2) is 29.1 Å². The summed E-state index contributed by atoms with van der Waals surface area (Å²) in [5.41, 5.74) is 3.11. The van der Waals surface area contributed by atoms with Crippen LogP contribution in [0.4, 0.5) is 0 Å². The summed E-state index contributed by atoms with van der Waals surface area (Å²) in [7, 11) is 0. The molecule has 4 rings (SSSR count). The van der Waals surface area contributed by atoms with E-state index in [1.54, 1.807) is 0 Å². The van der Waals surface area contributed by atoms with Crippen molar-refractivity contribution < 1.29 is 5.11 Å².